The predicted molar refractivity (Wildman–Crippen MR) is 74.7 cm³/mol. The predicted octanol–water partition coefficient (Wildman–Crippen LogP) is 2.67. The molecule has 0 amide bonds. The molecule has 20 heavy (non-hydrogen) atoms. The van der Waals surface area contributed by atoms with Crippen molar-refractivity contribution < 1.29 is 14.3 Å². The van der Waals surface area contributed by atoms with Crippen molar-refractivity contribution in [3.8, 4) is 5.75 Å². The SMILES string of the molecule is COC(=O)c1cnc(Nc2cc(OC)ccc2Cl)cn1. The van der Waals surface area contributed by atoms with Crippen LogP contribution in [0.15, 0.2) is 30.6 Å². The molecule has 2 aromatic rings. The van der Waals surface area contributed by atoms with E-state index in [0.717, 1.165) is 0 Å². The Morgan fingerprint density at radius 1 is 1.25 bits per heavy atom. The molecule has 0 aliphatic carbocycles. The average molecular weight is 294 g/mol. The summed E-state index contributed by atoms with van der Waals surface area (Å²) in [5, 5.41) is 3.51. The molecule has 0 aliphatic rings. The van der Waals surface area contributed by atoms with E-state index in [1.807, 2.05) is 0 Å². The highest BCUT2D eigenvalue weighted by atomic mass is 35.5. The molecule has 0 unspecified atom stereocenters. The van der Waals surface area contributed by atoms with Crippen molar-refractivity contribution in [1.82, 2.24) is 9.97 Å². The number of rotatable bonds is 4. The third-order valence-corrected chi connectivity index (χ3v) is 2.81. The van der Waals surface area contributed by atoms with Gasteiger partial charge in [0.1, 0.15) is 11.6 Å². The summed E-state index contributed by atoms with van der Waals surface area (Å²) in [7, 11) is 2.85. The summed E-state index contributed by atoms with van der Waals surface area (Å²) in [5.41, 5.74) is 0.765. The minimum atomic E-state index is -0.538. The Morgan fingerprint density at radius 2 is 2.05 bits per heavy atom. The summed E-state index contributed by atoms with van der Waals surface area (Å²) in [6.07, 6.45) is 2.74. The van der Waals surface area contributed by atoms with Gasteiger partial charge in [0.15, 0.2) is 5.69 Å². The number of hydrogen-bond acceptors (Lipinski definition) is 6. The van der Waals surface area contributed by atoms with Crippen LogP contribution in [0.2, 0.25) is 5.02 Å². The second-order valence-corrected chi connectivity index (χ2v) is 4.16. The third-order valence-electron chi connectivity index (χ3n) is 2.48. The highest BCUT2D eigenvalue weighted by molar-refractivity contribution is 6.33. The Kier molecular flexibility index (Phi) is 4.37. The van der Waals surface area contributed by atoms with E-state index in [1.54, 1.807) is 25.3 Å². The number of nitrogens with zero attached hydrogens (tertiary/aromatic N) is 2. The van der Waals surface area contributed by atoms with Crippen LogP contribution in [-0.2, 0) is 4.74 Å². The lowest BCUT2D eigenvalue weighted by Crippen LogP contribution is -2.05. The Morgan fingerprint density at radius 3 is 2.65 bits per heavy atom. The van der Waals surface area contributed by atoms with Crippen molar-refractivity contribution in [1.29, 1.82) is 0 Å². The number of esters is 1. The first-order chi connectivity index (χ1) is 9.63. The van der Waals surface area contributed by atoms with Crippen molar-refractivity contribution in [3.05, 3.63) is 41.3 Å². The van der Waals surface area contributed by atoms with Gasteiger partial charge in [-0.25, -0.2) is 14.8 Å². The summed E-state index contributed by atoms with van der Waals surface area (Å²) in [4.78, 5) is 19.2. The average Bonchev–Trinajstić information content (AvgIpc) is 2.49. The van der Waals surface area contributed by atoms with E-state index in [9.17, 15) is 4.79 Å². The van der Waals surface area contributed by atoms with E-state index >= 15 is 0 Å². The van der Waals surface area contributed by atoms with Crippen LogP contribution < -0.4 is 10.1 Å². The van der Waals surface area contributed by atoms with Gasteiger partial charge in [0.25, 0.3) is 0 Å². The number of aromatic nitrogens is 2. The monoisotopic (exact) mass is 293 g/mol. The first kappa shape index (κ1) is 14.1. The molecule has 0 saturated carbocycles. The molecule has 0 spiro atoms. The minimum absolute atomic E-state index is 0.134. The molecule has 0 aliphatic heterocycles. The number of hydrogen-bond donors (Lipinski definition) is 1. The standard InChI is InChI=1S/C13H12ClN3O3/c1-19-8-3-4-9(14)10(5-8)17-12-7-15-11(6-16-12)13(18)20-2/h3-7H,1-2H3,(H,16,17). The number of ether oxygens (including phenoxy) is 2. The van der Waals surface area contributed by atoms with Crippen LogP contribution in [0.5, 0.6) is 5.75 Å². The molecule has 1 N–H and O–H groups in total. The van der Waals surface area contributed by atoms with Crippen molar-refractivity contribution >= 4 is 29.1 Å². The molecule has 7 heteroatoms. The first-order valence-corrected chi connectivity index (χ1v) is 6.02. The molecule has 0 saturated heterocycles. The molecule has 1 heterocycles. The Balaban J connectivity index is 2.20. The molecular formula is C13H12ClN3O3. The number of methoxy groups -OCH3 is 2. The molecule has 1 aromatic heterocycles. The van der Waals surface area contributed by atoms with Gasteiger partial charge in [-0.15, -0.1) is 0 Å². The maximum Gasteiger partial charge on any atom is 0.358 e. The topological polar surface area (TPSA) is 73.3 Å². The summed E-state index contributed by atoms with van der Waals surface area (Å²) < 4.78 is 9.66. The van der Waals surface area contributed by atoms with Crippen molar-refractivity contribution in [2.45, 2.75) is 0 Å². The van der Waals surface area contributed by atoms with Crippen molar-refractivity contribution in [2.75, 3.05) is 19.5 Å². The largest absolute Gasteiger partial charge is 0.497 e. The van der Waals surface area contributed by atoms with Gasteiger partial charge in [-0.3, -0.25) is 0 Å². The van der Waals surface area contributed by atoms with Gasteiger partial charge in [-0.1, -0.05) is 11.6 Å². The van der Waals surface area contributed by atoms with Gasteiger partial charge in [0, 0.05) is 6.07 Å². The number of nitrogens with one attached hydrogen (secondary N) is 1. The van der Waals surface area contributed by atoms with Gasteiger partial charge in [0.2, 0.25) is 0 Å². The fourth-order valence-corrected chi connectivity index (χ4v) is 1.63. The van der Waals surface area contributed by atoms with Gasteiger partial charge in [-0.05, 0) is 12.1 Å². The first-order valence-electron chi connectivity index (χ1n) is 5.65. The van der Waals surface area contributed by atoms with E-state index in [-0.39, 0.29) is 5.69 Å². The Labute approximate surface area is 120 Å². The molecule has 0 bridgehead atoms. The van der Waals surface area contributed by atoms with E-state index in [2.05, 4.69) is 20.0 Å². The molecular weight excluding hydrogens is 282 g/mol. The van der Waals surface area contributed by atoms with Crippen molar-refractivity contribution in [2.24, 2.45) is 0 Å². The van der Waals surface area contributed by atoms with Gasteiger partial charge in [0.05, 0.1) is 37.3 Å². The zero-order valence-corrected chi connectivity index (χ0v) is 11.6. The summed E-state index contributed by atoms with van der Waals surface area (Å²) in [6.45, 7) is 0. The summed E-state index contributed by atoms with van der Waals surface area (Å²) >= 11 is 6.07. The lowest BCUT2D eigenvalue weighted by Gasteiger charge is -2.09. The third kappa shape index (κ3) is 3.16. The van der Waals surface area contributed by atoms with Crippen LogP contribution >= 0.6 is 11.6 Å². The Bertz CT molecular complexity index is 617. The van der Waals surface area contributed by atoms with Gasteiger partial charge >= 0.3 is 5.97 Å². The highest BCUT2D eigenvalue weighted by Crippen LogP contribution is 2.28. The van der Waals surface area contributed by atoms with Gasteiger partial charge in [-0.2, -0.15) is 0 Å². The molecule has 2 rings (SSSR count). The van der Waals surface area contributed by atoms with Crippen LogP contribution in [0.25, 0.3) is 0 Å². The number of halogens is 1. The van der Waals surface area contributed by atoms with Crippen LogP contribution in [0.1, 0.15) is 10.5 Å². The molecule has 104 valence electrons. The quantitative estimate of drug-likeness (QED) is 0.874. The van der Waals surface area contributed by atoms with E-state index in [0.29, 0.717) is 22.3 Å². The fourth-order valence-electron chi connectivity index (χ4n) is 1.47. The maximum atomic E-state index is 11.2. The zero-order valence-electron chi connectivity index (χ0n) is 10.9. The summed E-state index contributed by atoms with van der Waals surface area (Å²) in [5.74, 6) is 0.576. The zero-order chi connectivity index (χ0) is 14.5. The van der Waals surface area contributed by atoms with E-state index in [1.165, 1.54) is 19.5 Å². The van der Waals surface area contributed by atoms with Crippen LogP contribution in [0.3, 0.4) is 0 Å². The fraction of sp³-hybridized carbons (Fsp3) is 0.154. The normalized spacial score (nSPS) is 9.95. The summed E-state index contributed by atoms with van der Waals surface area (Å²) in [6, 6.07) is 5.19. The Hall–Kier alpha value is -2.34. The molecule has 0 atom stereocenters. The lowest BCUT2D eigenvalue weighted by atomic mass is 10.3. The van der Waals surface area contributed by atoms with Gasteiger partial charge < -0.3 is 14.8 Å². The lowest BCUT2D eigenvalue weighted by molar-refractivity contribution is 0.0593. The number of carbonyl (C=O) groups excluding carboxylic acids is 1. The van der Waals surface area contributed by atoms with E-state index in [4.69, 9.17) is 16.3 Å². The molecule has 6 nitrogen and oxygen atoms in total. The molecule has 0 radical (unpaired) electrons. The van der Waals surface area contributed by atoms with Crippen LogP contribution in [0.4, 0.5) is 11.5 Å². The number of carbonyl (C=O) groups is 1. The van der Waals surface area contributed by atoms with Crippen LogP contribution in [-0.4, -0.2) is 30.2 Å². The van der Waals surface area contributed by atoms with E-state index < -0.39 is 5.97 Å². The molecule has 1 aromatic carbocycles. The number of anilines is 2. The molecule has 0 fully saturated rings. The second-order valence-electron chi connectivity index (χ2n) is 3.75. The minimum Gasteiger partial charge on any atom is -0.497 e. The second kappa shape index (κ2) is 6.21. The van der Waals surface area contributed by atoms with Crippen LogP contribution in [0, 0.1) is 0 Å². The smallest absolute Gasteiger partial charge is 0.358 e. The highest BCUT2D eigenvalue weighted by Gasteiger charge is 2.08. The maximum absolute atomic E-state index is 11.2. The van der Waals surface area contributed by atoms with Crippen molar-refractivity contribution in [3.63, 3.8) is 0 Å². The number of benzene rings is 1.